The van der Waals surface area contributed by atoms with E-state index in [0.29, 0.717) is 12.2 Å². The molecule has 0 fully saturated rings. The molecule has 0 aliphatic carbocycles. The Morgan fingerprint density at radius 1 is 1.50 bits per heavy atom. The van der Waals surface area contributed by atoms with Crippen molar-refractivity contribution in [3.8, 4) is 0 Å². The van der Waals surface area contributed by atoms with Gasteiger partial charge in [0.2, 0.25) is 0 Å². The van der Waals surface area contributed by atoms with Crippen LogP contribution in [0.2, 0.25) is 0 Å². The van der Waals surface area contributed by atoms with Crippen LogP contribution in [0.25, 0.3) is 0 Å². The third-order valence-corrected chi connectivity index (χ3v) is 3.71. The van der Waals surface area contributed by atoms with Crippen LogP contribution in [-0.2, 0) is 26.6 Å². The fraction of sp³-hybridized carbons (Fsp3) is 0.533. The Balaban J connectivity index is 1.74. The predicted molar refractivity (Wildman–Crippen MR) is 80.1 cm³/mol. The Kier molecular flexibility index (Phi) is 3.98. The zero-order valence-electron chi connectivity index (χ0n) is 13.2. The predicted octanol–water partition coefficient (Wildman–Crippen LogP) is 1.10. The summed E-state index contributed by atoms with van der Waals surface area (Å²) in [5.41, 5.74) is 2.49. The van der Waals surface area contributed by atoms with Crippen LogP contribution in [0.4, 0.5) is 0 Å². The van der Waals surface area contributed by atoms with E-state index in [1.165, 1.54) is 0 Å². The fourth-order valence-corrected chi connectivity index (χ4v) is 2.72. The molecule has 3 heterocycles. The average molecular weight is 303 g/mol. The normalized spacial score (nSPS) is 15.1. The summed E-state index contributed by atoms with van der Waals surface area (Å²) in [5, 5.41) is 11.0. The molecule has 0 saturated heterocycles. The van der Waals surface area contributed by atoms with Crippen LogP contribution < -0.4 is 5.32 Å². The number of carbonyl (C=O) groups excluding carboxylic acids is 1. The lowest BCUT2D eigenvalue weighted by Gasteiger charge is -2.25. The second kappa shape index (κ2) is 5.92. The Hall–Kier alpha value is -2.15. The number of amides is 1. The highest BCUT2D eigenvalue weighted by Gasteiger charge is 2.27. The Morgan fingerprint density at radius 2 is 2.32 bits per heavy atom. The molecular weight excluding hydrogens is 282 g/mol. The van der Waals surface area contributed by atoms with Crippen molar-refractivity contribution >= 4 is 5.91 Å². The van der Waals surface area contributed by atoms with Gasteiger partial charge < -0.3 is 9.84 Å². The first kappa shape index (κ1) is 14.8. The molecule has 0 bridgehead atoms. The van der Waals surface area contributed by atoms with Crippen molar-refractivity contribution in [3.05, 3.63) is 35.0 Å². The van der Waals surface area contributed by atoms with Crippen molar-refractivity contribution in [3.63, 3.8) is 0 Å². The van der Waals surface area contributed by atoms with E-state index in [1.54, 1.807) is 4.68 Å². The first-order chi connectivity index (χ1) is 10.5. The molecule has 2 aromatic heterocycles. The summed E-state index contributed by atoms with van der Waals surface area (Å²) < 4.78 is 7.14. The molecule has 7 heteroatoms. The average Bonchev–Trinajstić information content (AvgIpc) is 3.04. The van der Waals surface area contributed by atoms with Gasteiger partial charge in [-0.25, -0.2) is 0 Å². The maximum Gasteiger partial charge on any atom is 0.274 e. The number of fused-ring (bicyclic) bond motifs is 1. The summed E-state index contributed by atoms with van der Waals surface area (Å²) in [6.07, 6.45) is 4.66. The lowest BCUT2D eigenvalue weighted by Crippen LogP contribution is -2.34. The van der Waals surface area contributed by atoms with Gasteiger partial charge in [-0.1, -0.05) is 5.16 Å². The van der Waals surface area contributed by atoms with Gasteiger partial charge in [0.15, 0.2) is 5.69 Å². The van der Waals surface area contributed by atoms with Gasteiger partial charge in [-0.2, -0.15) is 5.10 Å². The van der Waals surface area contributed by atoms with Crippen LogP contribution in [0, 0.1) is 0 Å². The number of rotatable bonds is 4. The standard InChI is InChI=1S/C15H21N5O2/c1-10(2)17-15(21)14-12-9-20(5-4-13(12)22-18-14)8-11-6-16-19(3)7-11/h6-7,10H,4-5,8-9H2,1-3H3,(H,17,21). The summed E-state index contributed by atoms with van der Waals surface area (Å²) in [6.45, 7) is 6.24. The summed E-state index contributed by atoms with van der Waals surface area (Å²) in [7, 11) is 1.91. The number of nitrogens with zero attached hydrogens (tertiary/aromatic N) is 4. The number of hydrogen-bond acceptors (Lipinski definition) is 5. The van der Waals surface area contributed by atoms with Crippen molar-refractivity contribution < 1.29 is 9.32 Å². The highest BCUT2D eigenvalue weighted by atomic mass is 16.5. The number of aromatic nitrogens is 3. The fourth-order valence-electron chi connectivity index (χ4n) is 2.72. The van der Waals surface area contributed by atoms with Crippen molar-refractivity contribution in [2.75, 3.05) is 6.54 Å². The zero-order chi connectivity index (χ0) is 15.7. The Bertz CT molecular complexity index is 673. The van der Waals surface area contributed by atoms with Gasteiger partial charge in [0.1, 0.15) is 5.76 Å². The van der Waals surface area contributed by atoms with Gasteiger partial charge in [-0.3, -0.25) is 14.4 Å². The molecule has 3 rings (SSSR count). The van der Waals surface area contributed by atoms with Crippen molar-refractivity contribution in [1.29, 1.82) is 0 Å². The molecule has 0 atom stereocenters. The molecule has 7 nitrogen and oxygen atoms in total. The molecule has 22 heavy (non-hydrogen) atoms. The SMILES string of the molecule is CC(C)NC(=O)c1noc2c1CN(Cc1cnn(C)c1)CC2. The molecule has 118 valence electrons. The van der Waals surface area contributed by atoms with E-state index in [-0.39, 0.29) is 11.9 Å². The van der Waals surface area contributed by atoms with Crippen LogP contribution in [0.1, 0.15) is 41.2 Å². The molecule has 0 radical (unpaired) electrons. The van der Waals surface area contributed by atoms with E-state index in [4.69, 9.17) is 4.52 Å². The molecule has 1 aliphatic rings. The monoisotopic (exact) mass is 303 g/mol. The molecule has 0 unspecified atom stereocenters. The summed E-state index contributed by atoms with van der Waals surface area (Å²) in [6, 6.07) is 0.0786. The van der Waals surface area contributed by atoms with Crippen LogP contribution in [-0.4, -0.2) is 38.3 Å². The molecule has 1 N–H and O–H groups in total. The van der Waals surface area contributed by atoms with Gasteiger partial charge in [0.25, 0.3) is 5.91 Å². The minimum atomic E-state index is -0.164. The third kappa shape index (κ3) is 3.04. The second-order valence-corrected chi connectivity index (χ2v) is 6.04. The molecule has 1 amide bonds. The Morgan fingerprint density at radius 3 is 3.00 bits per heavy atom. The van der Waals surface area contributed by atoms with Crippen molar-refractivity contribution in [2.45, 2.75) is 39.4 Å². The second-order valence-electron chi connectivity index (χ2n) is 6.04. The summed E-state index contributed by atoms with van der Waals surface area (Å²) in [4.78, 5) is 14.5. The number of aryl methyl sites for hydroxylation is 1. The molecule has 0 spiro atoms. The lowest BCUT2D eigenvalue weighted by molar-refractivity contribution is 0.0932. The minimum absolute atomic E-state index is 0.0786. The van der Waals surface area contributed by atoms with Crippen LogP contribution >= 0.6 is 0 Å². The van der Waals surface area contributed by atoms with Gasteiger partial charge in [0.05, 0.1) is 6.20 Å². The highest BCUT2D eigenvalue weighted by molar-refractivity contribution is 5.94. The number of hydrogen-bond donors (Lipinski definition) is 1. The quantitative estimate of drug-likeness (QED) is 0.915. The maximum absolute atomic E-state index is 12.2. The molecular formula is C15H21N5O2. The molecule has 1 aliphatic heterocycles. The highest BCUT2D eigenvalue weighted by Crippen LogP contribution is 2.23. The zero-order valence-corrected chi connectivity index (χ0v) is 13.2. The van der Waals surface area contributed by atoms with Crippen LogP contribution in [0.15, 0.2) is 16.9 Å². The van der Waals surface area contributed by atoms with E-state index >= 15 is 0 Å². The van der Waals surface area contributed by atoms with Crippen molar-refractivity contribution in [2.24, 2.45) is 7.05 Å². The summed E-state index contributed by atoms with van der Waals surface area (Å²) in [5.74, 6) is 0.666. The smallest absolute Gasteiger partial charge is 0.274 e. The van der Waals surface area contributed by atoms with Crippen molar-refractivity contribution in [1.82, 2.24) is 25.2 Å². The van der Waals surface area contributed by atoms with E-state index in [9.17, 15) is 4.79 Å². The minimum Gasteiger partial charge on any atom is -0.360 e. The topological polar surface area (TPSA) is 76.2 Å². The number of nitrogens with one attached hydrogen (secondary N) is 1. The lowest BCUT2D eigenvalue weighted by atomic mass is 10.0. The summed E-state index contributed by atoms with van der Waals surface area (Å²) >= 11 is 0. The van der Waals surface area contributed by atoms with Gasteiger partial charge in [-0.15, -0.1) is 0 Å². The van der Waals surface area contributed by atoms with Crippen LogP contribution in [0.3, 0.4) is 0 Å². The maximum atomic E-state index is 12.2. The first-order valence-corrected chi connectivity index (χ1v) is 7.51. The molecule has 0 saturated carbocycles. The first-order valence-electron chi connectivity index (χ1n) is 7.51. The molecule has 0 aromatic carbocycles. The van der Waals surface area contributed by atoms with Gasteiger partial charge >= 0.3 is 0 Å². The van der Waals surface area contributed by atoms with E-state index in [0.717, 1.165) is 36.4 Å². The van der Waals surface area contributed by atoms with Gasteiger partial charge in [0, 0.05) is 56.5 Å². The van der Waals surface area contributed by atoms with Crippen LogP contribution in [0.5, 0.6) is 0 Å². The Labute approximate surface area is 129 Å². The number of carbonyl (C=O) groups is 1. The molecule has 2 aromatic rings. The van der Waals surface area contributed by atoms with E-state index in [2.05, 4.69) is 20.5 Å². The third-order valence-electron chi connectivity index (χ3n) is 3.71. The van der Waals surface area contributed by atoms with Gasteiger partial charge in [-0.05, 0) is 13.8 Å². The largest absolute Gasteiger partial charge is 0.360 e. The van der Waals surface area contributed by atoms with E-state index < -0.39 is 0 Å². The van der Waals surface area contributed by atoms with E-state index in [1.807, 2.05) is 33.3 Å².